The summed E-state index contributed by atoms with van der Waals surface area (Å²) in [6.45, 7) is 0. The lowest BCUT2D eigenvalue weighted by Gasteiger charge is -2.10. The molecule has 2 rings (SSSR count). The highest BCUT2D eigenvalue weighted by atomic mass is 16.4. The van der Waals surface area contributed by atoms with Crippen LogP contribution in [-0.4, -0.2) is 28.9 Å². The Morgan fingerprint density at radius 2 is 1.94 bits per heavy atom. The molecule has 1 aromatic rings. The number of carboxylic acids is 1. The van der Waals surface area contributed by atoms with Crippen LogP contribution < -0.4 is 10.6 Å². The van der Waals surface area contributed by atoms with E-state index >= 15 is 0 Å². The highest BCUT2D eigenvalue weighted by Gasteiger charge is 2.27. The van der Waals surface area contributed by atoms with Crippen LogP contribution in [0, 0.1) is 0 Å². The van der Waals surface area contributed by atoms with Crippen molar-refractivity contribution in [3.05, 3.63) is 29.8 Å². The molecule has 18 heavy (non-hydrogen) atoms. The molecule has 6 nitrogen and oxygen atoms in total. The van der Waals surface area contributed by atoms with Gasteiger partial charge in [-0.25, -0.2) is 4.79 Å². The zero-order valence-electron chi connectivity index (χ0n) is 9.47. The normalized spacial score (nSPS) is 18.2. The van der Waals surface area contributed by atoms with Crippen molar-refractivity contribution in [3.63, 3.8) is 0 Å². The van der Waals surface area contributed by atoms with Gasteiger partial charge in [-0.3, -0.25) is 9.59 Å². The van der Waals surface area contributed by atoms with Gasteiger partial charge in [0.2, 0.25) is 11.8 Å². The summed E-state index contributed by atoms with van der Waals surface area (Å²) >= 11 is 0. The molecule has 1 fully saturated rings. The summed E-state index contributed by atoms with van der Waals surface area (Å²) in [6.07, 6.45) is 0.841. The van der Waals surface area contributed by atoms with Crippen molar-refractivity contribution in [3.8, 4) is 0 Å². The van der Waals surface area contributed by atoms with E-state index in [1.54, 1.807) is 0 Å². The third-order valence-corrected chi connectivity index (χ3v) is 2.71. The van der Waals surface area contributed by atoms with E-state index in [9.17, 15) is 14.4 Å². The second-order valence-electron chi connectivity index (χ2n) is 4.03. The molecular formula is C12H12N2O4. The molecule has 0 saturated carbocycles. The molecule has 3 N–H and O–H groups in total. The fourth-order valence-electron chi connectivity index (χ4n) is 1.74. The Balaban J connectivity index is 1.99. The Morgan fingerprint density at radius 1 is 1.28 bits per heavy atom. The first kappa shape index (κ1) is 12.1. The van der Waals surface area contributed by atoms with Gasteiger partial charge in [-0.1, -0.05) is 0 Å². The van der Waals surface area contributed by atoms with Gasteiger partial charge in [0.05, 0.1) is 5.56 Å². The zero-order chi connectivity index (χ0) is 13.1. The van der Waals surface area contributed by atoms with Crippen LogP contribution in [-0.2, 0) is 9.59 Å². The fraction of sp³-hybridized carbons (Fsp3) is 0.250. The van der Waals surface area contributed by atoms with Crippen LogP contribution in [0.3, 0.4) is 0 Å². The number of hydrogen-bond acceptors (Lipinski definition) is 3. The average molecular weight is 248 g/mol. The average Bonchev–Trinajstić information content (AvgIpc) is 2.76. The van der Waals surface area contributed by atoms with Crippen LogP contribution in [0.4, 0.5) is 5.69 Å². The molecule has 94 valence electrons. The van der Waals surface area contributed by atoms with Gasteiger partial charge in [-0.15, -0.1) is 0 Å². The Morgan fingerprint density at radius 3 is 2.44 bits per heavy atom. The van der Waals surface area contributed by atoms with E-state index in [2.05, 4.69) is 10.6 Å². The van der Waals surface area contributed by atoms with Crippen molar-refractivity contribution in [2.24, 2.45) is 0 Å². The topological polar surface area (TPSA) is 95.5 Å². The zero-order valence-corrected chi connectivity index (χ0v) is 9.47. The van der Waals surface area contributed by atoms with E-state index in [0.29, 0.717) is 18.5 Å². The molecule has 2 amide bonds. The van der Waals surface area contributed by atoms with Crippen LogP contribution in [0.15, 0.2) is 24.3 Å². The first-order valence-electron chi connectivity index (χ1n) is 5.50. The first-order chi connectivity index (χ1) is 8.56. The molecule has 0 bridgehead atoms. The van der Waals surface area contributed by atoms with Gasteiger partial charge >= 0.3 is 5.97 Å². The number of anilines is 1. The number of hydrogen-bond donors (Lipinski definition) is 3. The number of carbonyl (C=O) groups excluding carboxylic acids is 2. The molecule has 1 heterocycles. The highest BCUT2D eigenvalue weighted by molar-refractivity contribution is 5.99. The van der Waals surface area contributed by atoms with Crippen LogP contribution in [0.2, 0.25) is 0 Å². The maximum atomic E-state index is 11.7. The summed E-state index contributed by atoms with van der Waals surface area (Å²) in [7, 11) is 0. The van der Waals surface area contributed by atoms with E-state index in [1.807, 2.05) is 0 Å². The molecule has 0 radical (unpaired) electrons. The van der Waals surface area contributed by atoms with E-state index in [4.69, 9.17) is 5.11 Å². The molecule has 1 unspecified atom stereocenters. The van der Waals surface area contributed by atoms with E-state index in [0.717, 1.165) is 0 Å². The van der Waals surface area contributed by atoms with E-state index < -0.39 is 12.0 Å². The van der Waals surface area contributed by atoms with Crippen molar-refractivity contribution < 1.29 is 19.5 Å². The minimum atomic E-state index is -1.02. The summed E-state index contributed by atoms with van der Waals surface area (Å²) < 4.78 is 0. The van der Waals surface area contributed by atoms with Crippen molar-refractivity contribution in [2.75, 3.05) is 5.32 Å². The predicted molar refractivity (Wildman–Crippen MR) is 63.2 cm³/mol. The number of amides is 2. The highest BCUT2D eigenvalue weighted by Crippen LogP contribution is 2.12. The SMILES string of the molecule is O=C1CCC(C(=O)Nc2ccc(C(=O)O)cc2)N1. The van der Waals surface area contributed by atoms with Crippen LogP contribution in [0.25, 0.3) is 0 Å². The second-order valence-corrected chi connectivity index (χ2v) is 4.03. The number of nitrogens with one attached hydrogen (secondary N) is 2. The van der Waals surface area contributed by atoms with Crippen LogP contribution >= 0.6 is 0 Å². The minimum absolute atomic E-state index is 0.128. The molecule has 6 heteroatoms. The third kappa shape index (κ3) is 2.65. The quantitative estimate of drug-likeness (QED) is 0.730. The molecule has 1 aliphatic heterocycles. The largest absolute Gasteiger partial charge is 0.478 e. The number of benzene rings is 1. The monoisotopic (exact) mass is 248 g/mol. The summed E-state index contributed by atoms with van der Waals surface area (Å²) in [5, 5.41) is 13.9. The number of carboxylic acid groups (broad SMARTS) is 1. The standard InChI is InChI=1S/C12H12N2O4/c15-10-6-5-9(14-10)11(16)13-8-3-1-7(2-4-8)12(17)18/h1-4,9H,5-6H2,(H,13,16)(H,14,15)(H,17,18). The third-order valence-electron chi connectivity index (χ3n) is 2.71. The molecule has 1 saturated heterocycles. The maximum Gasteiger partial charge on any atom is 0.335 e. The predicted octanol–water partition coefficient (Wildman–Crippen LogP) is 0.602. The smallest absolute Gasteiger partial charge is 0.335 e. The van der Waals surface area contributed by atoms with Gasteiger partial charge in [-0.2, -0.15) is 0 Å². The lowest BCUT2D eigenvalue weighted by molar-refractivity contribution is -0.122. The Hall–Kier alpha value is -2.37. The molecular weight excluding hydrogens is 236 g/mol. The van der Waals surface area contributed by atoms with Gasteiger partial charge in [0.25, 0.3) is 0 Å². The Bertz CT molecular complexity index is 495. The van der Waals surface area contributed by atoms with Crippen molar-refractivity contribution in [1.29, 1.82) is 0 Å². The van der Waals surface area contributed by atoms with E-state index in [1.165, 1.54) is 24.3 Å². The summed E-state index contributed by atoms with van der Waals surface area (Å²) in [4.78, 5) is 33.4. The lowest BCUT2D eigenvalue weighted by Crippen LogP contribution is -2.37. The lowest BCUT2D eigenvalue weighted by atomic mass is 10.2. The van der Waals surface area contributed by atoms with Crippen LogP contribution in [0.1, 0.15) is 23.2 Å². The fourth-order valence-corrected chi connectivity index (χ4v) is 1.74. The molecule has 0 aromatic heterocycles. The van der Waals surface area contributed by atoms with Crippen molar-refractivity contribution >= 4 is 23.5 Å². The van der Waals surface area contributed by atoms with Crippen molar-refractivity contribution in [2.45, 2.75) is 18.9 Å². The van der Waals surface area contributed by atoms with Gasteiger partial charge in [0, 0.05) is 12.1 Å². The minimum Gasteiger partial charge on any atom is -0.478 e. The van der Waals surface area contributed by atoms with Gasteiger partial charge in [0.1, 0.15) is 6.04 Å². The second kappa shape index (κ2) is 4.87. The van der Waals surface area contributed by atoms with E-state index in [-0.39, 0.29) is 17.4 Å². The molecule has 0 spiro atoms. The van der Waals surface area contributed by atoms with Crippen molar-refractivity contribution in [1.82, 2.24) is 5.32 Å². The Kier molecular flexibility index (Phi) is 3.27. The van der Waals surface area contributed by atoms with Gasteiger partial charge < -0.3 is 15.7 Å². The summed E-state index contributed by atoms with van der Waals surface area (Å²) in [6, 6.07) is 5.34. The first-order valence-corrected chi connectivity index (χ1v) is 5.50. The molecule has 1 aliphatic rings. The molecule has 0 aliphatic carbocycles. The van der Waals surface area contributed by atoms with Crippen LogP contribution in [0.5, 0.6) is 0 Å². The summed E-state index contributed by atoms with van der Waals surface area (Å²) in [5.74, 6) is -1.43. The number of rotatable bonds is 3. The molecule has 1 aromatic carbocycles. The number of aromatic carboxylic acids is 1. The van der Waals surface area contributed by atoms with Gasteiger partial charge in [-0.05, 0) is 30.7 Å². The Labute approximate surface area is 103 Å². The van der Waals surface area contributed by atoms with Gasteiger partial charge in [0.15, 0.2) is 0 Å². The summed E-state index contributed by atoms with van der Waals surface area (Å²) in [5.41, 5.74) is 0.660. The maximum absolute atomic E-state index is 11.7. The molecule has 1 atom stereocenters. The number of carbonyl (C=O) groups is 3.